The fraction of sp³-hybridized carbons (Fsp3) is 0.0435. The quantitative estimate of drug-likeness (QED) is 0.225. The van der Waals surface area contributed by atoms with Gasteiger partial charge in [0.05, 0.1) is 22.9 Å². The Bertz CT molecular complexity index is 1070. The number of esters is 1. The smallest absolute Gasteiger partial charge is 0.343 e. The predicted octanol–water partition coefficient (Wildman–Crippen LogP) is 5.76. The van der Waals surface area contributed by atoms with Gasteiger partial charge >= 0.3 is 5.97 Å². The van der Waals surface area contributed by atoms with Gasteiger partial charge in [-0.25, -0.2) is 4.79 Å². The van der Waals surface area contributed by atoms with Crippen molar-refractivity contribution in [1.82, 2.24) is 0 Å². The van der Waals surface area contributed by atoms with Crippen molar-refractivity contribution in [2.45, 2.75) is 0 Å². The van der Waals surface area contributed by atoms with Crippen molar-refractivity contribution >= 4 is 17.3 Å². The van der Waals surface area contributed by atoms with Crippen molar-refractivity contribution in [3.63, 3.8) is 0 Å². The van der Waals surface area contributed by atoms with Crippen LogP contribution >= 0.6 is 0 Å². The van der Waals surface area contributed by atoms with E-state index in [9.17, 15) is 4.79 Å². The highest BCUT2D eigenvalue weighted by molar-refractivity contribution is 5.91. The lowest BCUT2D eigenvalue weighted by molar-refractivity contribution is 0.0735. The zero-order chi connectivity index (χ0) is 20.5. The first-order valence-corrected chi connectivity index (χ1v) is 8.76. The highest BCUT2D eigenvalue weighted by Crippen LogP contribution is 2.31. The standard InChI is InChI=1S/C23H17N3O3/c1-2-14-28-20-11-9-19(10-12-20)25-26-21-13-8-17(16-24)15-22(21)29-23(27)18-6-4-3-5-7-18/h2-13,15H,1,14H2. The van der Waals surface area contributed by atoms with Gasteiger partial charge in [0.2, 0.25) is 0 Å². The van der Waals surface area contributed by atoms with E-state index in [1.807, 2.05) is 6.07 Å². The van der Waals surface area contributed by atoms with Crippen LogP contribution in [-0.2, 0) is 0 Å². The minimum atomic E-state index is -0.541. The summed E-state index contributed by atoms with van der Waals surface area (Å²) in [7, 11) is 0. The third-order valence-electron chi connectivity index (χ3n) is 3.78. The molecule has 0 N–H and O–H groups in total. The number of nitriles is 1. The molecule has 29 heavy (non-hydrogen) atoms. The van der Waals surface area contributed by atoms with E-state index in [1.54, 1.807) is 72.8 Å². The van der Waals surface area contributed by atoms with Gasteiger partial charge in [0.15, 0.2) is 5.75 Å². The SMILES string of the molecule is C=CCOc1ccc(N=Nc2ccc(C#N)cc2OC(=O)c2ccccc2)cc1. The summed E-state index contributed by atoms with van der Waals surface area (Å²) in [6.07, 6.45) is 1.66. The molecule has 3 aromatic carbocycles. The van der Waals surface area contributed by atoms with Crippen LogP contribution in [0.25, 0.3) is 0 Å². The zero-order valence-electron chi connectivity index (χ0n) is 15.5. The maximum atomic E-state index is 12.4. The van der Waals surface area contributed by atoms with Crippen LogP contribution in [0.3, 0.4) is 0 Å². The molecule has 3 aromatic rings. The molecule has 0 aromatic heterocycles. The normalized spacial score (nSPS) is 10.3. The Hall–Kier alpha value is -4.24. The lowest BCUT2D eigenvalue weighted by Crippen LogP contribution is -2.08. The second kappa shape index (κ2) is 9.62. The van der Waals surface area contributed by atoms with E-state index < -0.39 is 5.97 Å². The molecule has 142 valence electrons. The Morgan fingerprint density at radius 1 is 1.03 bits per heavy atom. The molecule has 6 heteroatoms. The fourth-order valence-corrected chi connectivity index (χ4v) is 2.36. The van der Waals surface area contributed by atoms with Crippen LogP contribution in [0.15, 0.2) is 95.7 Å². The topological polar surface area (TPSA) is 84.0 Å². The van der Waals surface area contributed by atoms with E-state index in [-0.39, 0.29) is 5.75 Å². The van der Waals surface area contributed by atoms with Crippen LogP contribution < -0.4 is 9.47 Å². The van der Waals surface area contributed by atoms with Crippen molar-refractivity contribution < 1.29 is 14.3 Å². The lowest BCUT2D eigenvalue weighted by atomic mass is 10.2. The third-order valence-corrected chi connectivity index (χ3v) is 3.78. The van der Waals surface area contributed by atoms with Crippen LogP contribution in [0.2, 0.25) is 0 Å². The van der Waals surface area contributed by atoms with Gasteiger partial charge in [-0.15, -0.1) is 5.11 Å². The van der Waals surface area contributed by atoms with Gasteiger partial charge in [-0.05, 0) is 48.5 Å². The largest absolute Gasteiger partial charge is 0.490 e. The molecule has 0 aliphatic rings. The first kappa shape index (κ1) is 19.5. The monoisotopic (exact) mass is 383 g/mol. The number of nitrogens with zero attached hydrogens (tertiary/aromatic N) is 3. The second-order valence-corrected chi connectivity index (χ2v) is 5.84. The number of carbonyl (C=O) groups is 1. The molecule has 0 saturated heterocycles. The first-order valence-electron chi connectivity index (χ1n) is 8.76. The molecule has 0 unspecified atom stereocenters. The molecular weight excluding hydrogens is 366 g/mol. The number of benzene rings is 3. The number of rotatable bonds is 7. The van der Waals surface area contributed by atoms with Gasteiger partial charge < -0.3 is 9.47 Å². The molecule has 0 fully saturated rings. The molecule has 0 amide bonds. The lowest BCUT2D eigenvalue weighted by Gasteiger charge is -2.07. The average Bonchev–Trinajstić information content (AvgIpc) is 2.78. The van der Waals surface area contributed by atoms with Crippen LogP contribution in [0.1, 0.15) is 15.9 Å². The molecule has 0 spiro atoms. The molecular formula is C23H17N3O3. The first-order chi connectivity index (χ1) is 14.2. The summed E-state index contributed by atoms with van der Waals surface area (Å²) in [5.74, 6) is 0.313. The summed E-state index contributed by atoms with van der Waals surface area (Å²) < 4.78 is 10.9. The van der Waals surface area contributed by atoms with Crippen LogP contribution in [0, 0.1) is 11.3 Å². The van der Waals surface area contributed by atoms with Crippen molar-refractivity contribution in [3.05, 3.63) is 96.6 Å². The molecule has 3 rings (SSSR count). The molecule has 6 nitrogen and oxygen atoms in total. The average molecular weight is 383 g/mol. The highest BCUT2D eigenvalue weighted by atomic mass is 16.5. The zero-order valence-corrected chi connectivity index (χ0v) is 15.5. The Morgan fingerprint density at radius 2 is 1.79 bits per heavy atom. The predicted molar refractivity (Wildman–Crippen MR) is 109 cm³/mol. The van der Waals surface area contributed by atoms with E-state index in [2.05, 4.69) is 16.8 Å². The minimum absolute atomic E-state index is 0.160. The van der Waals surface area contributed by atoms with Crippen molar-refractivity contribution in [1.29, 1.82) is 5.26 Å². The summed E-state index contributed by atoms with van der Waals surface area (Å²) in [5, 5.41) is 17.5. The summed E-state index contributed by atoms with van der Waals surface area (Å²) in [6.45, 7) is 4.02. The maximum Gasteiger partial charge on any atom is 0.343 e. The maximum absolute atomic E-state index is 12.4. The molecule has 0 radical (unpaired) electrons. The Labute approximate surface area is 168 Å². The Kier molecular flexibility index (Phi) is 6.48. The summed E-state index contributed by atoms with van der Waals surface area (Å²) in [6, 6.07) is 22.3. The van der Waals surface area contributed by atoms with Crippen LogP contribution in [-0.4, -0.2) is 12.6 Å². The highest BCUT2D eigenvalue weighted by Gasteiger charge is 2.12. The van der Waals surface area contributed by atoms with Crippen molar-refractivity contribution in [3.8, 4) is 17.6 Å². The number of hydrogen-bond acceptors (Lipinski definition) is 6. The molecule has 0 atom stereocenters. The van der Waals surface area contributed by atoms with Crippen LogP contribution in [0.5, 0.6) is 11.5 Å². The minimum Gasteiger partial charge on any atom is -0.490 e. The van der Waals surface area contributed by atoms with E-state index in [0.29, 0.717) is 34.9 Å². The fourth-order valence-electron chi connectivity index (χ4n) is 2.36. The molecule has 0 heterocycles. The van der Waals surface area contributed by atoms with E-state index in [4.69, 9.17) is 14.7 Å². The molecule has 0 aliphatic carbocycles. The van der Waals surface area contributed by atoms with E-state index in [0.717, 1.165) is 0 Å². The number of azo groups is 1. The van der Waals surface area contributed by atoms with Crippen molar-refractivity contribution in [2.75, 3.05) is 6.61 Å². The Morgan fingerprint density at radius 3 is 2.48 bits per heavy atom. The second-order valence-electron chi connectivity index (χ2n) is 5.84. The van der Waals surface area contributed by atoms with Gasteiger partial charge in [-0.1, -0.05) is 30.9 Å². The molecule has 0 saturated carbocycles. The third kappa shape index (κ3) is 5.37. The van der Waals surface area contributed by atoms with Gasteiger partial charge in [0.1, 0.15) is 18.0 Å². The van der Waals surface area contributed by atoms with Gasteiger partial charge in [0.25, 0.3) is 0 Å². The number of ether oxygens (including phenoxy) is 2. The Balaban J connectivity index is 1.81. The number of hydrogen-bond donors (Lipinski definition) is 0. The van der Waals surface area contributed by atoms with Gasteiger partial charge in [0, 0.05) is 6.07 Å². The summed E-state index contributed by atoms with van der Waals surface area (Å²) in [5.41, 5.74) is 1.68. The summed E-state index contributed by atoms with van der Waals surface area (Å²) >= 11 is 0. The molecule has 0 aliphatic heterocycles. The van der Waals surface area contributed by atoms with Gasteiger partial charge in [-0.3, -0.25) is 0 Å². The van der Waals surface area contributed by atoms with Crippen LogP contribution in [0.4, 0.5) is 11.4 Å². The molecule has 0 bridgehead atoms. The number of carbonyl (C=O) groups excluding carboxylic acids is 1. The van der Waals surface area contributed by atoms with Gasteiger partial charge in [-0.2, -0.15) is 10.4 Å². The van der Waals surface area contributed by atoms with E-state index in [1.165, 1.54) is 6.07 Å². The summed E-state index contributed by atoms with van der Waals surface area (Å²) in [4.78, 5) is 12.4. The van der Waals surface area contributed by atoms with Crippen molar-refractivity contribution in [2.24, 2.45) is 10.2 Å². The van der Waals surface area contributed by atoms with E-state index >= 15 is 0 Å².